The Hall–Kier alpha value is -5.05. The van der Waals surface area contributed by atoms with E-state index >= 15 is 0 Å². The van der Waals surface area contributed by atoms with Gasteiger partial charge in [0.2, 0.25) is 0 Å². The first-order chi connectivity index (χ1) is 24.7. The number of benzene rings is 4. The van der Waals surface area contributed by atoms with Crippen LogP contribution in [0.25, 0.3) is 11.1 Å². The van der Waals surface area contributed by atoms with E-state index < -0.39 is 34.2 Å². The first kappa shape index (κ1) is 36.7. The third-order valence-corrected chi connectivity index (χ3v) is 11.2. The van der Waals surface area contributed by atoms with Crippen LogP contribution in [-0.4, -0.2) is 63.2 Å². The van der Waals surface area contributed by atoms with E-state index in [1.54, 1.807) is 77.6 Å². The number of hydrogen-bond donors (Lipinski definition) is 4. The molecule has 1 aliphatic rings. The van der Waals surface area contributed by atoms with Gasteiger partial charge >= 0.3 is 11.9 Å². The van der Waals surface area contributed by atoms with Crippen molar-refractivity contribution in [3.05, 3.63) is 131 Å². The van der Waals surface area contributed by atoms with E-state index in [0.717, 1.165) is 27.8 Å². The molecule has 6 rings (SSSR count). The van der Waals surface area contributed by atoms with Crippen molar-refractivity contribution < 1.29 is 38.4 Å². The second-order valence-corrected chi connectivity index (χ2v) is 15.6. The molecule has 2 atom stereocenters. The number of carboxylic acids is 2. The first-order valence-electron chi connectivity index (χ1n) is 16.8. The Morgan fingerprint density at radius 2 is 1.71 bits per heavy atom. The number of nitrogens with zero attached hydrogens (tertiary/aromatic N) is 4. The van der Waals surface area contributed by atoms with E-state index in [1.165, 1.54) is 0 Å². The van der Waals surface area contributed by atoms with E-state index in [0.29, 0.717) is 28.4 Å². The number of carboxylic acid groups (broad SMARTS) is 2. The first-order valence-corrected chi connectivity index (χ1v) is 18.3. The van der Waals surface area contributed by atoms with Gasteiger partial charge in [0.1, 0.15) is 22.4 Å². The van der Waals surface area contributed by atoms with E-state index in [-0.39, 0.29) is 31.4 Å². The lowest BCUT2D eigenvalue weighted by Gasteiger charge is -2.42. The molecule has 1 aromatic heterocycles. The zero-order valence-corrected chi connectivity index (χ0v) is 30.2. The van der Waals surface area contributed by atoms with Crippen molar-refractivity contribution in [1.82, 2.24) is 19.3 Å². The summed E-state index contributed by atoms with van der Waals surface area (Å²) in [4.78, 5) is 24.1. The maximum absolute atomic E-state index is 12.6. The molecule has 0 spiro atoms. The Labute approximate surface area is 303 Å². The summed E-state index contributed by atoms with van der Waals surface area (Å²) < 4.78 is 38.6. The fraction of sp³-hybridized carbons (Fsp3) is 0.282. The number of aryl methyl sites for hydroxylation is 1. The lowest BCUT2D eigenvalue weighted by molar-refractivity contribution is -0.158. The molecule has 1 aliphatic heterocycles. The lowest BCUT2D eigenvalue weighted by Crippen LogP contribution is -2.34. The molecule has 4 aromatic carbocycles. The van der Waals surface area contributed by atoms with Crippen molar-refractivity contribution in [3.63, 3.8) is 0 Å². The van der Waals surface area contributed by atoms with Gasteiger partial charge in [0.05, 0.1) is 43.0 Å². The highest BCUT2D eigenvalue weighted by Gasteiger charge is 2.40. The molecule has 272 valence electrons. The monoisotopic (exact) mass is 726 g/mol. The Balaban J connectivity index is 1.19. The van der Waals surface area contributed by atoms with Gasteiger partial charge in [0, 0.05) is 6.54 Å². The number of aliphatic carboxylic acids is 1. The molecule has 1 unspecified atom stereocenters. The van der Waals surface area contributed by atoms with Gasteiger partial charge in [0.15, 0.2) is 0 Å². The number of para-hydroxylation sites is 1. The van der Waals surface area contributed by atoms with Crippen molar-refractivity contribution in [3.8, 4) is 16.9 Å². The van der Waals surface area contributed by atoms with Crippen LogP contribution in [0.4, 0.5) is 0 Å². The second-order valence-electron chi connectivity index (χ2n) is 13.6. The average molecular weight is 727 g/mol. The van der Waals surface area contributed by atoms with Crippen molar-refractivity contribution >= 4 is 22.7 Å². The van der Waals surface area contributed by atoms with Crippen molar-refractivity contribution in [2.45, 2.75) is 64.5 Å². The molecule has 0 saturated heterocycles. The minimum absolute atomic E-state index is 0.00114. The van der Waals surface area contributed by atoms with Crippen LogP contribution in [-0.2, 0) is 29.2 Å². The molecule has 12 nitrogen and oxygen atoms in total. The molecular weight excluding hydrogens is 685 g/mol. The largest absolute Gasteiger partial charge is 0.487 e. The maximum atomic E-state index is 12.6. The molecule has 52 heavy (non-hydrogen) atoms. The lowest BCUT2D eigenvalue weighted by atomic mass is 9.81. The Morgan fingerprint density at radius 1 is 0.962 bits per heavy atom. The molecule has 0 fully saturated rings. The number of hydrogen-bond acceptors (Lipinski definition) is 9. The number of aromatic carboxylic acids is 1. The highest BCUT2D eigenvalue weighted by Crippen LogP contribution is 2.57. The maximum Gasteiger partial charge on any atom is 0.335 e. The summed E-state index contributed by atoms with van der Waals surface area (Å²) in [7, 11) is -3.38. The molecule has 0 aliphatic carbocycles. The van der Waals surface area contributed by atoms with Crippen LogP contribution in [0.5, 0.6) is 5.75 Å². The standard InChI is InChI=1S/C39H42N4O8S/c1-25-12-13-31(19-32(25)22-43-20-26(2)51-34-10-5-6-11-35(34)52(43,48)49)36(39(3,4)38(46)47)50-24-33-23-42(41-40-33)21-27-8-7-9-30(18-27)28-14-16-29(17-15-28)37(44)45/h5-19,23,26,36,48-49H,20-22,24H2,1-4H3,(H,44,45)(H,46,47)/t26-,36?/m1/s1. The molecule has 0 amide bonds. The van der Waals surface area contributed by atoms with Crippen LogP contribution in [0.1, 0.15) is 65.2 Å². The minimum Gasteiger partial charge on any atom is -0.487 e. The molecular formula is C39H42N4O8S. The van der Waals surface area contributed by atoms with Gasteiger partial charge in [-0.3, -0.25) is 13.9 Å². The number of fused-ring (bicyclic) bond motifs is 1. The molecule has 5 aromatic rings. The third kappa shape index (κ3) is 7.88. The van der Waals surface area contributed by atoms with E-state index in [4.69, 9.17) is 9.47 Å². The van der Waals surface area contributed by atoms with Crippen LogP contribution >= 0.6 is 10.8 Å². The predicted octanol–water partition coefficient (Wildman–Crippen LogP) is 7.68. The molecule has 0 radical (unpaired) electrons. The highest BCUT2D eigenvalue weighted by atomic mass is 32.3. The number of aromatic nitrogens is 3. The quantitative estimate of drug-likeness (QED) is 0.0996. The smallest absolute Gasteiger partial charge is 0.335 e. The zero-order chi connectivity index (χ0) is 37.2. The van der Waals surface area contributed by atoms with Crippen LogP contribution in [0.15, 0.2) is 102 Å². The SMILES string of the molecule is Cc1ccc(C(OCc2cn(Cc3cccc(-c4ccc(C(=O)O)cc4)c3)nn2)C(C)(C)C(=O)O)cc1CN1C[C@@H](C)Oc2ccccc2S1(O)O. The van der Waals surface area contributed by atoms with Crippen LogP contribution in [0, 0.1) is 12.3 Å². The summed E-state index contributed by atoms with van der Waals surface area (Å²) >= 11 is 0. The van der Waals surface area contributed by atoms with Crippen LogP contribution < -0.4 is 4.74 Å². The van der Waals surface area contributed by atoms with Gasteiger partial charge in [-0.05, 0) is 91.4 Å². The molecule has 13 heteroatoms. The Kier molecular flexibility index (Phi) is 10.5. The van der Waals surface area contributed by atoms with Crippen LogP contribution in [0.2, 0.25) is 0 Å². The topological polar surface area (TPSA) is 167 Å². The fourth-order valence-electron chi connectivity index (χ4n) is 6.25. The normalized spacial score (nSPS) is 17.0. The van der Waals surface area contributed by atoms with Gasteiger partial charge in [-0.25, -0.2) is 9.48 Å². The second kappa shape index (κ2) is 14.9. The molecule has 0 bridgehead atoms. The van der Waals surface area contributed by atoms with Gasteiger partial charge in [-0.15, -0.1) is 15.9 Å². The van der Waals surface area contributed by atoms with Crippen molar-refractivity contribution in [2.24, 2.45) is 5.41 Å². The summed E-state index contributed by atoms with van der Waals surface area (Å²) in [6.45, 7) is 7.90. The number of rotatable bonds is 12. The number of carbonyl (C=O) groups is 2. The van der Waals surface area contributed by atoms with E-state index in [2.05, 4.69) is 10.3 Å². The molecule has 2 heterocycles. The summed E-state index contributed by atoms with van der Waals surface area (Å²) in [5.41, 5.74) is 4.51. The summed E-state index contributed by atoms with van der Waals surface area (Å²) in [6, 6.07) is 27.1. The predicted molar refractivity (Wildman–Crippen MR) is 196 cm³/mol. The van der Waals surface area contributed by atoms with Crippen molar-refractivity contribution in [1.29, 1.82) is 0 Å². The van der Waals surface area contributed by atoms with Gasteiger partial charge in [-0.1, -0.05) is 65.9 Å². The van der Waals surface area contributed by atoms with Crippen molar-refractivity contribution in [2.75, 3.05) is 6.54 Å². The number of ether oxygens (including phenoxy) is 2. The Morgan fingerprint density at radius 3 is 2.44 bits per heavy atom. The van der Waals surface area contributed by atoms with E-state index in [1.807, 2.05) is 56.3 Å². The summed E-state index contributed by atoms with van der Waals surface area (Å²) in [5.74, 6) is -1.57. The van der Waals surface area contributed by atoms with Crippen LogP contribution in [0.3, 0.4) is 0 Å². The van der Waals surface area contributed by atoms with Gasteiger partial charge in [0.25, 0.3) is 0 Å². The fourth-order valence-corrected chi connectivity index (χ4v) is 7.91. The third-order valence-electron chi connectivity index (χ3n) is 9.24. The Bertz CT molecular complexity index is 2080. The minimum atomic E-state index is -3.38. The summed E-state index contributed by atoms with van der Waals surface area (Å²) in [6.07, 6.45) is 0.562. The average Bonchev–Trinajstić information content (AvgIpc) is 3.52. The van der Waals surface area contributed by atoms with Gasteiger partial charge in [-0.2, -0.15) is 4.31 Å². The highest BCUT2D eigenvalue weighted by molar-refractivity contribution is 8.22. The van der Waals surface area contributed by atoms with Gasteiger partial charge < -0.3 is 19.7 Å². The van der Waals surface area contributed by atoms with E-state index in [9.17, 15) is 28.9 Å². The zero-order valence-electron chi connectivity index (χ0n) is 29.3. The molecule has 0 saturated carbocycles. The summed E-state index contributed by atoms with van der Waals surface area (Å²) in [5, 5.41) is 28.0. The molecule has 4 N–H and O–H groups in total.